The number of amides is 4. The molecule has 4 aliphatic carbocycles. The summed E-state index contributed by atoms with van der Waals surface area (Å²) in [5.41, 5.74) is -2.98. The standard InChI is InChI=1S/2C42H58N4O8S/c2*1-7-27-19-26(3)13-9-10-14-28-22-42(28,40(50)45-55(51,52)31-17-18-31)24-36(48)35-21-30(25-46(35)39(49)34(27)20-29(47)23-41(4,5)6)54-38-33-16-12-11-15-32(33)37(43-44-38)53-8-2/h2*10-12,14-16,26-28,30-31,34-35H,7-9,13,17-25H2,1-6H3,(H,45,50)/b2*14-10-/t26-,27+,28+,30+,34-,35-,42+;26-,27-,28-,30-,34+,35+,42-/m01/s1. The van der Waals surface area contributed by atoms with Gasteiger partial charge in [0.2, 0.25) is 67.2 Å². The van der Waals surface area contributed by atoms with Gasteiger partial charge in [0.05, 0.1) is 81.3 Å². The zero-order valence-electron chi connectivity index (χ0n) is 66.4. The maximum atomic E-state index is 15.0. The van der Waals surface area contributed by atoms with Crippen molar-refractivity contribution in [2.24, 2.45) is 69.0 Å². The van der Waals surface area contributed by atoms with E-state index in [1.165, 1.54) is 0 Å². The van der Waals surface area contributed by atoms with Crippen LogP contribution in [0, 0.1) is 69.0 Å². The van der Waals surface area contributed by atoms with Crippen molar-refractivity contribution >= 4 is 88.4 Å². The topological polar surface area (TPSA) is 324 Å². The van der Waals surface area contributed by atoms with Crippen molar-refractivity contribution in [3.05, 3.63) is 72.8 Å². The molecular weight excluding hydrogens is 1440 g/mol. The molecule has 4 amide bonds. The van der Waals surface area contributed by atoms with Crippen LogP contribution in [-0.4, -0.2) is 155 Å². The Morgan fingerprint density at radius 1 is 0.509 bits per heavy atom. The summed E-state index contributed by atoms with van der Waals surface area (Å²) in [6.07, 6.45) is 16.1. The van der Waals surface area contributed by atoms with Gasteiger partial charge in [0.15, 0.2) is 11.6 Å². The fraction of sp³-hybridized carbons (Fsp3) is 0.667. The van der Waals surface area contributed by atoms with E-state index in [-0.39, 0.29) is 145 Å². The van der Waals surface area contributed by atoms with Crippen molar-refractivity contribution in [3.63, 3.8) is 0 Å². The molecule has 2 saturated heterocycles. The molecule has 110 heavy (non-hydrogen) atoms. The van der Waals surface area contributed by atoms with Crippen molar-refractivity contribution in [1.82, 2.24) is 39.6 Å². The zero-order valence-corrected chi connectivity index (χ0v) is 68.1. The Morgan fingerprint density at radius 3 is 1.18 bits per heavy atom. The Labute approximate surface area is 649 Å². The quantitative estimate of drug-likeness (QED) is 0.0690. The zero-order chi connectivity index (χ0) is 79.4. The van der Waals surface area contributed by atoms with E-state index in [1.54, 1.807) is 9.80 Å². The molecule has 6 heterocycles. The van der Waals surface area contributed by atoms with E-state index in [2.05, 4.69) is 57.5 Å². The summed E-state index contributed by atoms with van der Waals surface area (Å²) in [5.74, 6) is -2.78. The first-order valence-corrected chi connectivity index (χ1v) is 43.4. The smallest absolute Gasteiger partial charge is 0.242 e. The van der Waals surface area contributed by atoms with E-state index >= 15 is 9.59 Å². The van der Waals surface area contributed by atoms with E-state index in [0.29, 0.717) is 111 Å². The van der Waals surface area contributed by atoms with Gasteiger partial charge in [-0.25, -0.2) is 16.8 Å². The molecule has 0 radical (unpaired) electrons. The van der Waals surface area contributed by atoms with Crippen LogP contribution in [0.2, 0.25) is 0 Å². The minimum absolute atomic E-state index is 0.0112. The first-order valence-electron chi connectivity index (χ1n) is 40.3. The van der Waals surface area contributed by atoms with Crippen molar-refractivity contribution < 1.29 is 74.1 Å². The normalized spacial score (nSPS) is 29.7. The van der Waals surface area contributed by atoms with Crippen molar-refractivity contribution in [3.8, 4) is 23.5 Å². The molecule has 4 aromatic rings. The highest BCUT2D eigenvalue weighted by Crippen LogP contribution is 2.59. The van der Waals surface area contributed by atoms with Crippen molar-refractivity contribution in [1.29, 1.82) is 0 Å². The average Bonchev–Trinajstić information content (AvgIpc) is 1.57. The van der Waals surface area contributed by atoms with E-state index in [9.17, 15) is 45.6 Å². The largest absolute Gasteiger partial charge is 0.476 e. The SMILES string of the molecule is CCOc1nnc(O[C@@H]2C[C@H]3C(=O)C[C@]4(C(=O)NS(=O)(=O)C5CC5)C[C@H]4/C=C\CC[C@@H](C)C[C@@H](CC)[C@H](CC(=O)CC(C)(C)C)C(=O)N3C2)c2ccccc12.CCOc1nnc(O[C@@H]2C[C@H]3C(=O)C[C@]4(C(=O)NS(=O)(=O)C5CC5)C[C@H]4/C=C\CC[C@H](C)C[C@@H](CC)[C@H](CC(=O)CC(C)(C)C)C(=O)N3C2)c2ccccc12. The molecule has 2 N–H and O–H groups in total. The van der Waals surface area contributed by atoms with E-state index in [0.717, 1.165) is 38.5 Å². The van der Waals surface area contributed by atoms with Crippen LogP contribution in [0.15, 0.2) is 72.8 Å². The molecule has 4 aliphatic heterocycles. The van der Waals surface area contributed by atoms with Crippen LogP contribution in [0.25, 0.3) is 21.5 Å². The highest BCUT2D eigenvalue weighted by Gasteiger charge is 2.63. The number of ketones is 4. The lowest BCUT2D eigenvalue weighted by Gasteiger charge is -2.33. The number of rotatable bonds is 22. The summed E-state index contributed by atoms with van der Waals surface area (Å²) in [5, 5.41) is 18.8. The lowest BCUT2D eigenvalue weighted by atomic mass is 9.77. The summed E-state index contributed by atoms with van der Waals surface area (Å²) in [4.78, 5) is 118. The summed E-state index contributed by atoms with van der Waals surface area (Å²) < 4.78 is 80.8. The number of nitrogens with one attached hydrogen (secondary N) is 2. The highest BCUT2D eigenvalue weighted by atomic mass is 32.2. The second kappa shape index (κ2) is 34.3. The Kier molecular flexibility index (Phi) is 25.9. The van der Waals surface area contributed by atoms with Crippen LogP contribution in [0.4, 0.5) is 0 Å². The number of fused-ring (bicyclic) bond motifs is 6. The van der Waals surface area contributed by atoms with Crippen molar-refractivity contribution in [2.45, 2.75) is 259 Å². The lowest BCUT2D eigenvalue weighted by Crippen LogP contribution is -2.47. The Bertz CT molecular complexity index is 4120. The number of allylic oxidation sites excluding steroid dienone is 4. The first-order chi connectivity index (χ1) is 52.1. The van der Waals surface area contributed by atoms with Crippen LogP contribution >= 0.6 is 0 Å². The minimum atomic E-state index is -3.85. The molecule has 600 valence electrons. The third-order valence-electron chi connectivity index (χ3n) is 23.7. The first kappa shape index (κ1) is 83.2. The van der Waals surface area contributed by atoms with Crippen LogP contribution in [0.5, 0.6) is 23.5 Å². The minimum Gasteiger partial charge on any atom is -0.476 e. The van der Waals surface area contributed by atoms with Gasteiger partial charge in [0.1, 0.15) is 23.8 Å². The number of Topliss-reactive ketones (excluding diaryl/α,β-unsaturated/α-hetero) is 4. The van der Waals surface area contributed by atoms with Gasteiger partial charge >= 0.3 is 0 Å². The second-order valence-electron chi connectivity index (χ2n) is 35.3. The summed E-state index contributed by atoms with van der Waals surface area (Å²) >= 11 is 0. The molecule has 26 heteroatoms. The fourth-order valence-electron chi connectivity index (χ4n) is 17.4. The van der Waals surface area contributed by atoms with E-state index in [1.807, 2.05) is 128 Å². The number of carbonyl (C=O) groups excluding carboxylic acids is 8. The molecule has 0 bridgehead atoms. The second-order valence-corrected chi connectivity index (χ2v) is 39.2. The molecule has 14 atom stereocenters. The maximum absolute atomic E-state index is 15.0. The van der Waals surface area contributed by atoms with Gasteiger partial charge < -0.3 is 28.7 Å². The van der Waals surface area contributed by atoms with Crippen molar-refractivity contribution in [2.75, 3.05) is 26.3 Å². The number of carbonyl (C=O) groups is 8. The molecule has 0 unspecified atom stereocenters. The molecule has 24 nitrogen and oxygen atoms in total. The lowest BCUT2D eigenvalue weighted by molar-refractivity contribution is -0.145. The van der Waals surface area contributed by atoms with E-state index in [4.69, 9.17) is 18.9 Å². The summed E-state index contributed by atoms with van der Waals surface area (Å²) in [6, 6.07) is 13.0. The number of aromatic nitrogens is 4. The fourth-order valence-corrected chi connectivity index (χ4v) is 20.2. The van der Waals surface area contributed by atoms with Gasteiger partial charge in [0, 0.05) is 63.2 Å². The third-order valence-corrected chi connectivity index (χ3v) is 27.3. The Balaban J connectivity index is 0.000000218. The van der Waals surface area contributed by atoms with Gasteiger partial charge in [-0.2, -0.15) is 0 Å². The number of nitrogens with zero attached hydrogens (tertiary/aromatic N) is 6. The molecule has 4 saturated carbocycles. The van der Waals surface area contributed by atoms with Gasteiger partial charge in [-0.3, -0.25) is 47.8 Å². The maximum Gasteiger partial charge on any atom is 0.242 e. The van der Waals surface area contributed by atoms with E-state index < -0.39 is 89.3 Å². The van der Waals surface area contributed by atoms with Gasteiger partial charge in [-0.1, -0.05) is 131 Å². The number of sulfonamides is 2. The number of benzene rings is 2. The number of hydrogen-bond donors (Lipinski definition) is 2. The molecule has 6 fully saturated rings. The molecule has 12 rings (SSSR count). The predicted molar refractivity (Wildman–Crippen MR) is 417 cm³/mol. The van der Waals surface area contributed by atoms with Gasteiger partial charge in [-0.05, 0) is 162 Å². The van der Waals surface area contributed by atoms with Gasteiger partial charge in [0.25, 0.3) is 0 Å². The van der Waals surface area contributed by atoms with Crippen LogP contribution in [-0.2, 0) is 58.4 Å². The molecule has 2 aromatic heterocycles. The molecular formula is C84H116N8O16S2. The molecule has 0 spiro atoms. The van der Waals surface area contributed by atoms with Crippen LogP contribution < -0.4 is 28.4 Å². The number of ether oxygens (including phenoxy) is 4. The Morgan fingerprint density at radius 2 is 0.855 bits per heavy atom. The average molecular weight is 1560 g/mol. The van der Waals surface area contributed by atoms with Gasteiger partial charge in [-0.15, -0.1) is 20.4 Å². The summed E-state index contributed by atoms with van der Waals surface area (Å²) in [7, 11) is -7.69. The molecule has 8 aliphatic rings. The molecule has 2 aromatic carbocycles. The summed E-state index contributed by atoms with van der Waals surface area (Å²) in [6.45, 7) is 25.2. The third kappa shape index (κ3) is 20.0. The van der Waals surface area contributed by atoms with Crippen LogP contribution in [0.3, 0.4) is 0 Å². The highest BCUT2D eigenvalue weighted by molar-refractivity contribution is 7.91. The number of hydrogen-bond acceptors (Lipinski definition) is 20. The monoisotopic (exact) mass is 1560 g/mol. The van der Waals surface area contributed by atoms with Crippen LogP contribution in [0.1, 0.15) is 224 Å². The Hall–Kier alpha value is -7.74. The predicted octanol–water partition coefficient (Wildman–Crippen LogP) is 12.7.